The minimum atomic E-state index is -0.585. The molecule has 1 amide bonds. The number of likely N-dealkylation sites (tertiary alicyclic amines) is 1. The van der Waals surface area contributed by atoms with Crippen LogP contribution in [0.25, 0.3) is 0 Å². The van der Waals surface area contributed by atoms with E-state index < -0.39 is 5.92 Å². The molecular weight excluding hydrogens is 210 g/mol. The van der Waals surface area contributed by atoms with Crippen LogP contribution in [0.15, 0.2) is 5.16 Å². The van der Waals surface area contributed by atoms with Crippen LogP contribution in [-0.2, 0) is 4.79 Å². The van der Waals surface area contributed by atoms with E-state index in [1.165, 1.54) is 0 Å². The molecule has 1 aliphatic rings. The summed E-state index contributed by atoms with van der Waals surface area (Å²) in [6, 6.07) is 0. The number of amides is 1. The first-order valence-corrected chi connectivity index (χ1v) is 5.47. The van der Waals surface area contributed by atoms with Gasteiger partial charge in [-0.25, -0.2) is 0 Å². The van der Waals surface area contributed by atoms with E-state index in [1.807, 2.05) is 0 Å². The van der Waals surface area contributed by atoms with Gasteiger partial charge in [0.2, 0.25) is 5.91 Å². The van der Waals surface area contributed by atoms with Crippen molar-refractivity contribution in [3.05, 3.63) is 0 Å². The summed E-state index contributed by atoms with van der Waals surface area (Å²) in [4.78, 5) is 13.6. The predicted octanol–water partition coefficient (Wildman–Crippen LogP) is -0.400. The molecule has 2 atom stereocenters. The van der Waals surface area contributed by atoms with E-state index >= 15 is 0 Å². The largest absolute Gasteiger partial charge is 0.409 e. The van der Waals surface area contributed by atoms with Gasteiger partial charge in [-0.05, 0) is 25.7 Å². The Balaban J connectivity index is 2.50. The third-order valence-corrected chi connectivity index (χ3v) is 3.06. The van der Waals surface area contributed by atoms with Crippen molar-refractivity contribution < 1.29 is 15.1 Å². The lowest BCUT2D eigenvalue weighted by Gasteiger charge is -2.20. The predicted molar refractivity (Wildman–Crippen MR) is 59.0 cm³/mol. The molecule has 1 heterocycles. The number of carbonyl (C=O) groups excluding carboxylic acids is 1. The van der Waals surface area contributed by atoms with E-state index in [1.54, 1.807) is 11.8 Å². The van der Waals surface area contributed by atoms with Gasteiger partial charge in [-0.3, -0.25) is 4.79 Å². The highest BCUT2D eigenvalue weighted by molar-refractivity contribution is 6.01. The van der Waals surface area contributed by atoms with Crippen LogP contribution in [0.3, 0.4) is 0 Å². The SMILES string of the molecule is CC(C(=O)N1CCC(CCO)C1)C(N)=NO. The number of carbonyl (C=O) groups is 1. The van der Waals surface area contributed by atoms with Crippen LogP contribution in [-0.4, -0.2) is 46.7 Å². The number of aliphatic hydroxyl groups is 1. The molecule has 0 spiro atoms. The van der Waals surface area contributed by atoms with Gasteiger partial charge in [0, 0.05) is 19.7 Å². The van der Waals surface area contributed by atoms with Crippen LogP contribution >= 0.6 is 0 Å². The molecule has 0 saturated carbocycles. The van der Waals surface area contributed by atoms with Gasteiger partial charge >= 0.3 is 0 Å². The topological polar surface area (TPSA) is 99.2 Å². The molecule has 4 N–H and O–H groups in total. The van der Waals surface area contributed by atoms with E-state index in [-0.39, 0.29) is 18.3 Å². The Morgan fingerprint density at radius 3 is 2.94 bits per heavy atom. The highest BCUT2D eigenvalue weighted by Gasteiger charge is 2.30. The standard InChI is InChI=1S/C10H19N3O3/c1-7(9(11)12-16)10(15)13-4-2-8(6-13)3-5-14/h7-8,14,16H,2-6H2,1H3,(H2,11,12). The highest BCUT2D eigenvalue weighted by atomic mass is 16.4. The van der Waals surface area contributed by atoms with Crippen molar-refractivity contribution in [3.8, 4) is 0 Å². The van der Waals surface area contributed by atoms with Gasteiger partial charge in [0.15, 0.2) is 5.84 Å². The summed E-state index contributed by atoms with van der Waals surface area (Å²) < 4.78 is 0. The van der Waals surface area contributed by atoms with Gasteiger partial charge in [0.1, 0.15) is 0 Å². The molecule has 6 nitrogen and oxygen atoms in total. The third-order valence-electron chi connectivity index (χ3n) is 3.06. The number of oxime groups is 1. The molecule has 0 bridgehead atoms. The van der Waals surface area contributed by atoms with Crippen LogP contribution in [0.5, 0.6) is 0 Å². The van der Waals surface area contributed by atoms with E-state index in [9.17, 15) is 4.79 Å². The second-order valence-electron chi connectivity index (χ2n) is 4.20. The molecule has 0 aromatic rings. The lowest BCUT2D eigenvalue weighted by Crippen LogP contribution is -2.39. The molecule has 2 unspecified atom stereocenters. The van der Waals surface area contributed by atoms with Gasteiger partial charge < -0.3 is 20.9 Å². The van der Waals surface area contributed by atoms with E-state index in [0.717, 1.165) is 12.8 Å². The first kappa shape index (κ1) is 12.8. The summed E-state index contributed by atoms with van der Waals surface area (Å²) in [6.45, 7) is 3.12. The molecule has 16 heavy (non-hydrogen) atoms. The average molecular weight is 229 g/mol. The summed E-state index contributed by atoms with van der Waals surface area (Å²) in [5.41, 5.74) is 5.39. The summed E-state index contributed by atoms with van der Waals surface area (Å²) in [6.07, 6.45) is 1.64. The average Bonchev–Trinajstić information content (AvgIpc) is 2.75. The molecular formula is C10H19N3O3. The Labute approximate surface area is 94.7 Å². The maximum atomic E-state index is 11.9. The molecule has 0 aromatic carbocycles. The first-order chi connectivity index (χ1) is 7.60. The van der Waals surface area contributed by atoms with Crippen LogP contribution in [0.4, 0.5) is 0 Å². The maximum absolute atomic E-state index is 11.9. The van der Waals surface area contributed by atoms with Gasteiger partial charge in [-0.15, -0.1) is 0 Å². The molecule has 1 rings (SSSR count). The van der Waals surface area contributed by atoms with E-state index in [4.69, 9.17) is 16.0 Å². The zero-order chi connectivity index (χ0) is 12.1. The molecule has 1 saturated heterocycles. The van der Waals surface area contributed by atoms with Gasteiger partial charge in [0.25, 0.3) is 0 Å². The van der Waals surface area contributed by atoms with Crippen molar-refractivity contribution in [2.75, 3.05) is 19.7 Å². The Bertz CT molecular complexity index is 280. The zero-order valence-corrected chi connectivity index (χ0v) is 9.46. The fourth-order valence-electron chi connectivity index (χ4n) is 1.94. The number of hydrogen-bond acceptors (Lipinski definition) is 4. The van der Waals surface area contributed by atoms with E-state index in [0.29, 0.717) is 19.0 Å². The van der Waals surface area contributed by atoms with Crippen molar-refractivity contribution in [1.82, 2.24) is 4.90 Å². The van der Waals surface area contributed by atoms with Crippen molar-refractivity contribution in [3.63, 3.8) is 0 Å². The second kappa shape index (κ2) is 5.69. The quantitative estimate of drug-likeness (QED) is 0.264. The number of nitrogens with zero attached hydrogens (tertiary/aromatic N) is 2. The molecule has 0 aromatic heterocycles. The summed E-state index contributed by atoms with van der Waals surface area (Å²) in [5, 5.41) is 20.1. The summed E-state index contributed by atoms with van der Waals surface area (Å²) in [7, 11) is 0. The minimum absolute atomic E-state index is 0.0596. The monoisotopic (exact) mass is 229 g/mol. The van der Waals surface area contributed by atoms with Gasteiger partial charge in [-0.2, -0.15) is 0 Å². The third kappa shape index (κ3) is 2.85. The first-order valence-electron chi connectivity index (χ1n) is 5.47. The maximum Gasteiger partial charge on any atom is 0.233 e. The Hall–Kier alpha value is -1.30. The second-order valence-corrected chi connectivity index (χ2v) is 4.20. The van der Waals surface area contributed by atoms with Crippen molar-refractivity contribution in [2.24, 2.45) is 22.7 Å². The number of amidine groups is 1. The molecule has 6 heteroatoms. The van der Waals surface area contributed by atoms with Crippen LogP contribution < -0.4 is 5.73 Å². The fourth-order valence-corrected chi connectivity index (χ4v) is 1.94. The van der Waals surface area contributed by atoms with Crippen LogP contribution in [0, 0.1) is 11.8 Å². The Kier molecular flexibility index (Phi) is 4.54. The fraction of sp³-hybridized carbons (Fsp3) is 0.800. The van der Waals surface area contributed by atoms with Crippen LogP contribution in [0.1, 0.15) is 19.8 Å². The molecule has 0 radical (unpaired) electrons. The Morgan fingerprint density at radius 2 is 2.38 bits per heavy atom. The molecule has 92 valence electrons. The van der Waals surface area contributed by atoms with Crippen LogP contribution in [0.2, 0.25) is 0 Å². The molecule has 1 aliphatic heterocycles. The number of hydrogen-bond donors (Lipinski definition) is 3. The van der Waals surface area contributed by atoms with Gasteiger partial charge in [-0.1, -0.05) is 5.16 Å². The molecule has 1 fully saturated rings. The van der Waals surface area contributed by atoms with Crippen molar-refractivity contribution in [1.29, 1.82) is 0 Å². The number of nitrogens with two attached hydrogens (primary N) is 1. The number of rotatable bonds is 4. The minimum Gasteiger partial charge on any atom is -0.409 e. The molecule has 0 aliphatic carbocycles. The Morgan fingerprint density at radius 1 is 1.69 bits per heavy atom. The highest BCUT2D eigenvalue weighted by Crippen LogP contribution is 2.20. The smallest absolute Gasteiger partial charge is 0.233 e. The number of aliphatic hydroxyl groups excluding tert-OH is 1. The summed E-state index contributed by atoms with van der Waals surface area (Å²) >= 11 is 0. The van der Waals surface area contributed by atoms with Gasteiger partial charge in [0.05, 0.1) is 5.92 Å². The van der Waals surface area contributed by atoms with E-state index in [2.05, 4.69) is 5.16 Å². The lowest BCUT2D eigenvalue weighted by atomic mass is 10.1. The van der Waals surface area contributed by atoms with Crippen molar-refractivity contribution in [2.45, 2.75) is 19.8 Å². The normalized spacial score (nSPS) is 23.5. The lowest BCUT2D eigenvalue weighted by molar-refractivity contribution is -0.132. The summed E-state index contributed by atoms with van der Waals surface area (Å²) in [5.74, 6) is -0.391. The van der Waals surface area contributed by atoms with Crippen molar-refractivity contribution >= 4 is 11.7 Å². The zero-order valence-electron chi connectivity index (χ0n) is 9.46.